The van der Waals surface area contributed by atoms with E-state index in [2.05, 4.69) is 9.69 Å². The van der Waals surface area contributed by atoms with Crippen LogP contribution >= 0.6 is 11.5 Å². The molecule has 1 fully saturated rings. The fourth-order valence-electron chi connectivity index (χ4n) is 4.98. The number of anilines is 2. The van der Waals surface area contributed by atoms with Crippen LogP contribution in [-0.2, 0) is 4.79 Å². The molecule has 0 radical (unpaired) electrons. The number of ether oxygens (including phenoxy) is 2. The number of nitrogens with zero attached hydrogens (tertiary/aromatic N) is 2. The van der Waals surface area contributed by atoms with Crippen molar-refractivity contribution in [2.24, 2.45) is 5.73 Å². The number of nitrogens with one attached hydrogen (secondary N) is 1. The molecule has 206 valence electrons. The summed E-state index contributed by atoms with van der Waals surface area (Å²) < 4.78 is 15.1. The lowest BCUT2D eigenvalue weighted by Gasteiger charge is -2.34. The van der Waals surface area contributed by atoms with Crippen LogP contribution in [0.25, 0.3) is 0 Å². The third-order valence-electron chi connectivity index (χ3n) is 6.93. The molecule has 1 aromatic heterocycles. The van der Waals surface area contributed by atoms with Gasteiger partial charge in [0.05, 0.1) is 19.9 Å². The maximum absolute atomic E-state index is 14.4. The van der Waals surface area contributed by atoms with Crippen LogP contribution in [0.1, 0.15) is 68.6 Å². The summed E-state index contributed by atoms with van der Waals surface area (Å²) in [5, 5.41) is 3.14. The van der Waals surface area contributed by atoms with Crippen LogP contribution < -0.4 is 31.2 Å². The van der Waals surface area contributed by atoms with Crippen LogP contribution in [0.2, 0.25) is 0 Å². The summed E-state index contributed by atoms with van der Waals surface area (Å²) in [6.45, 7) is 3.81. The van der Waals surface area contributed by atoms with E-state index in [1.165, 1.54) is 19.1 Å². The molecule has 0 spiro atoms. The minimum Gasteiger partial charge on any atom is -0.497 e. The molecule has 1 saturated carbocycles. The van der Waals surface area contributed by atoms with Crippen molar-refractivity contribution in [3.63, 3.8) is 0 Å². The van der Waals surface area contributed by atoms with E-state index in [1.807, 2.05) is 26.0 Å². The van der Waals surface area contributed by atoms with E-state index in [-0.39, 0.29) is 28.2 Å². The Labute approximate surface area is 231 Å². The Hall–Kier alpha value is -4.12. The maximum atomic E-state index is 14.4. The van der Waals surface area contributed by atoms with Gasteiger partial charge in [0.2, 0.25) is 5.91 Å². The van der Waals surface area contributed by atoms with Gasteiger partial charge in [-0.05, 0) is 68.1 Å². The highest BCUT2D eigenvalue weighted by atomic mass is 32.1. The average molecular weight is 552 g/mol. The highest BCUT2D eigenvalue weighted by Crippen LogP contribution is 2.39. The van der Waals surface area contributed by atoms with Gasteiger partial charge >= 0.3 is 0 Å². The van der Waals surface area contributed by atoms with Gasteiger partial charge in [-0.2, -0.15) is 4.37 Å². The topological polar surface area (TPSA) is 150 Å². The van der Waals surface area contributed by atoms with Crippen LogP contribution in [0.15, 0.2) is 36.4 Å². The summed E-state index contributed by atoms with van der Waals surface area (Å²) in [6.07, 6.45) is 3.75. The van der Waals surface area contributed by atoms with E-state index < -0.39 is 17.9 Å². The number of primary amides is 1. The summed E-state index contributed by atoms with van der Waals surface area (Å²) in [7, 11) is 3.02. The number of nitrogens with two attached hydrogens (primary N) is 2. The second-order valence-corrected chi connectivity index (χ2v) is 10.4. The van der Waals surface area contributed by atoms with Crippen molar-refractivity contribution < 1.29 is 23.9 Å². The molecule has 2 aromatic carbocycles. The molecule has 1 heterocycles. The molecule has 1 aliphatic carbocycles. The fraction of sp³-hybridized carbons (Fsp3) is 0.357. The summed E-state index contributed by atoms with van der Waals surface area (Å²) in [4.78, 5) is 41.8. The van der Waals surface area contributed by atoms with Gasteiger partial charge in [0.1, 0.15) is 22.4 Å². The van der Waals surface area contributed by atoms with E-state index in [9.17, 15) is 14.4 Å². The molecule has 0 aliphatic heterocycles. The molecule has 1 unspecified atom stereocenters. The van der Waals surface area contributed by atoms with Crippen LogP contribution in [-0.4, -0.2) is 42.4 Å². The maximum Gasteiger partial charge on any atom is 0.273 e. The van der Waals surface area contributed by atoms with Gasteiger partial charge in [-0.25, -0.2) is 0 Å². The second-order valence-electron chi connectivity index (χ2n) is 9.60. The summed E-state index contributed by atoms with van der Waals surface area (Å²) >= 11 is 0.765. The van der Waals surface area contributed by atoms with E-state index >= 15 is 0 Å². The highest BCUT2D eigenvalue weighted by Gasteiger charge is 2.39. The first-order valence-corrected chi connectivity index (χ1v) is 13.4. The van der Waals surface area contributed by atoms with Gasteiger partial charge in [0.15, 0.2) is 5.69 Å². The molecule has 3 amide bonds. The number of benzene rings is 2. The quantitative estimate of drug-likeness (QED) is 0.365. The number of nitrogen functional groups attached to an aromatic ring is 1. The SMILES string of the molecule is COc1ccc(OC)c(C(C(=O)NC2CCCC2)N(C(=O)c2snc(C(N)=O)c2N)c2ccc(C)cc2C)c1. The number of carbonyl (C=O) groups is 3. The Kier molecular flexibility index (Phi) is 8.39. The van der Waals surface area contributed by atoms with Gasteiger partial charge in [-0.3, -0.25) is 19.3 Å². The molecule has 3 aromatic rings. The molecule has 1 atom stereocenters. The number of aryl methyl sites for hydroxylation is 2. The lowest BCUT2D eigenvalue weighted by Crippen LogP contribution is -2.46. The van der Waals surface area contributed by atoms with E-state index in [0.717, 1.165) is 48.3 Å². The molecule has 0 saturated heterocycles. The predicted molar refractivity (Wildman–Crippen MR) is 150 cm³/mol. The smallest absolute Gasteiger partial charge is 0.273 e. The van der Waals surface area contributed by atoms with Crippen molar-refractivity contribution in [2.45, 2.75) is 51.6 Å². The Balaban J connectivity index is 1.96. The average Bonchev–Trinajstić information content (AvgIpc) is 3.56. The molecular formula is C28H33N5O5S. The number of carbonyl (C=O) groups excluding carboxylic acids is 3. The van der Waals surface area contributed by atoms with Crippen molar-refractivity contribution in [2.75, 3.05) is 24.9 Å². The first-order chi connectivity index (χ1) is 18.7. The van der Waals surface area contributed by atoms with Crippen molar-refractivity contribution >= 4 is 40.6 Å². The van der Waals surface area contributed by atoms with Crippen LogP contribution in [0.4, 0.5) is 11.4 Å². The van der Waals surface area contributed by atoms with E-state index in [0.29, 0.717) is 22.7 Å². The van der Waals surface area contributed by atoms with Gasteiger partial charge in [-0.15, -0.1) is 0 Å². The third kappa shape index (κ3) is 5.68. The van der Waals surface area contributed by atoms with Gasteiger partial charge in [0.25, 0.3) is 11.8 Å². The minimum atomic E-state index is -1.16. The Morgan fingerprint density at radius 2 is 1.79 bits per heavy atom. The van der Waals surface area contributed by atoms with Crippen molar-refractivity contribution in [1.29, 1.82) is 0 Å². The normalized spacial score (nSPS) is 14.1. The summed E-state index contributed by atoms with van der Waals surface area (Å²) in [5.74, 6) is -0.919. The summed E-state index contributed by atoms with van der Waals surface area (Å²) in [5.41, 5.74) is 14.0. The Bertz CT molecular complexity index is 1400. The molecule has 39 heavy (non-hydrogen) atoms. The minimum absolute atomic E-state index is 0.00399. The van der Waals surface area contributed by atoms with E-state index in [4.69, 9.17) is 20.9 Å². The van der Waals surface area contributed by atoms with Gasteiger partial charge in [0, 0.05) is 17.3 Å². The Morgan fingerprint density at radius 3 is 2.38 bits per heavy atom. The monoisotopic (exact) mass is 551 g/mol. The Morgan fingerprint density at radius 1 is 1.08 bits per heavy atom. The van der Waals surface area contributed by atoms with Crippen molar-refractivity contribution in [3.8, 4) is 11.5 Å². The number of methoxy groups -OCH3 is 2. The molecule has 0 bridgehead atoms. The van der Waals surface area contributed by atoms with E-state index in [1.54, 1.807) is 24.3 Å². The van der Waals surface area contributed by atoms with Gasteiger partial charge < -0.3 is 26.3 Å². The summed E-state index contributed by atoms with van der Waals surface area (Å²) in [6, 6.07) is 9.51. The van der Waals surface area contributed by atoms with Gasteiger partial charge in [-0.1, -0.05) is 30.5 Å². The third-order valence-corrected chi connectivity index (χ3v) is 7.78. The predicted octanol–water partition coefficient (Wildman–Crippen LogP) is 3.91. The zero-order chi connectivity index (χ0) is 28.3. The first kappa shape index (κ1) is 27.9. The number of aromatic nitrogens is 1. The lowest BCUT2D eigenvalue weighted by molar-refractivity contribution is -0.123. The fourth-order valence-corrected chi connectivity index (χ4v) is 5.72. The molecule has 10 nitrogen and oxygen atoms in total. The first-order valence-electron chi connectivity index (χ1n) is 12.6. The second kappa shape index (κ2) is 11.7. The standard InChI is InChI=1S/C28H33N5O5S/c1-15-9-11-20(16(2)13-15)33(28(36)25-22(29)23(26(30)34)32-39-25)24(27(35)31-17-7-5-6-8-17)19-14-18(37-3)10-12-21(19)38-4/h9-14,17,24H,5-8,29H2,1-4H3,(H2,30,34)(H,31,35). The van der Waals surface area contributed by atoms with Crippen LogP contribution in [0.5, 0.6) is 11.5 Å². The molecule has 4 rings (SSSR count). The number of rotatable bonds is 9. The van der Waals surface area contributed by atoms with Crippen LogP contribution in [0.3, 0.4) is 0 Å². The molecule has 5 N–H and O–H groups in total. The molecule has 1 aliphatic rings. The zero-order valence-corrected chi connectivity index (χ0v) is 23.3. The zero-order valence-electron chi connectivity index (χ0n) is 22.4. The number of amides is 3. The molecule has 11 heteroatoms. The largest absolute Gasteiger partial charge is 0.497 e. The highest BCUT2D eigenvalue weighted by molar-refractivity contribution is 7.09. The van der Waals surface area contributed by atoms with Crippen LogP contribution in [0, 0.1) is 13.8 Å². The van der Waals surface area contributed by atoms with Crippen molar-refractivity contribution in [3.05, 3.63) is 63.7 Å². The molecular weight excluding hydrogens is 518 g/mol. The number of hydrogen-bond acceptors (Lipinski definition) is 8. The lowest BCUT2D eigenvalue weighted by atomic mass is 9.98. The number of hydrogen-bond donors (Lipinski definition) is 3. The van der Waals surface area contributed by atoms with Crippen molar-refractivity contribution in [1.82, 2.24) is 9.69 Å².